The van der Waals surface area contributed by atoms with Crippen molar-refractivity contribution in [1.82, 2.24) is 0 Å². The van der Waals surface area contributed by atoms with E-state index in [-0.39, 0.29) is 5.97 Å². The average Bonchev–Trinajstić information content (AvgIpc) is 2.82. The zero-order valence-corrected chi connectivity index (χ0v) is 23.4. The van der Waals surface area contributed by atoms with Crippen LogP contribution in [0.5, 0.6) is 0 Å². The van der Waals surface area contributed by atoms with E-state index in [2.05, 4.69) is 27.7 Å². The fraction of sp³-hybridized carbons (Fsp3) is 0.968. The third-order valence-electron chi connectivity index (χ3n) is 7.58. The van der Waals surface area contributed by atoms with Gasteiger partial charge in [-0.15, -0.1) is 0 Å². The highest BCUT2D eigenvalue weighted by atomic mass is 16.5. The van der Waals surface area contributed by atoms with Crippen LogP contribution in [-0.2, 0) is 9.53 Å². The summed E-state index contributed by atoms with van der Waals surface area (Å²) in [6.07, 6.45) is 29.8. The van der Waals surface area contributed by atoms with E-state index in [1.807, 2.05) is 0 Å². The molecule has 0 aromatic heterocycles. The van der Waals surface area contributed by atoms with Crippen molar-refractivity contribution in [2.24, 2.45) is 11.8 Å². The molecule has 0 aromatic rings. The first-order chi connectivity index (χ1) is 16.1. The van der Waals surface area contributed by atoms with Crippen molar-refractivity contribution < 1.29 is 9.53 Å². The Morgan fingerprint density at radius 2 is 0.848 bits per heavy atom. The molecule has 0 fully saturated rings. The van der Waals surface area contributed by atoms with Gasteiger partial charge in [-0.3, -0.25) is 4.79 Å². The number of carbonyl (C=O) groups excluding carboxylic acids is 1. The molecule has 0 aliphatic heterocycles. The van der Waals surface area contributed by atoms with Gasteiger partial charge in [-0.1, -0.05) is 156 Å². The minimum atomic E-state index is 0.0219. The second kappa shape index (κ2) is 26.1. The normalized spacial score (nSPS) is 13.2. The van der Waals surface area contributed by atoms with Crippen LogP contribution in [0.1, 0.15) is 175 Å². The molecule has 0 aliphatic carbocycles. The number of ether oxygens (including phenoxy) is 1. The zero-order chi connectivity index (χ0) is 24.4. The van der Waals surface area contributed by atoms with Gasteiger partial charge < -0.3 is 4.74 Å². The molecule has 0 aromatic carbocycles. The van der Waals surface area contributed by atoms with Gasteiger partial charge in [0.15, 0.2) is 0 Å². The van der Waals surface area contributed by atoms with Crippen LogP contribution in [0, 0.1) is 11.8 Å². The molecule has 198 valence electrons. The molecule has 2 heteroatoms. The first kappa shape index (κ1) is 32.5. The van der Waals surface area contributed by atoms with E-state index in [0.717, 1.165) is 24.7 Å². The van der Waals surface area contributed by atoms with Crippen molar-refractivity contribution in [3.05, 3.63) is 0 Å². The van der Waals surface area contributed by atoms with E-state index < -0.39 is 0 Å². The molecule has 0 rings (SSSR count). The molecule has 0 N–H and O–H groups in total. The maximum absolute atomic E-state index is 11.8. The van der Waals surface area contributed by atoms with E-state index >= 15 is 0 Å². The molecule has 0 amide bonds. The van der Waals surface area contributed by atoms with Gasteiger partial charge >= 0.3 is 5.97 Å². The molecule has 2 unspecified atom stereocenters. The van der Waals surface area contributed by atoms with E-state index in [1.165, 1.54) is 128 Å². The fourth-order valence-corrected chi connectivity index (χ4v) is 4.50. The molecule has 0 radical (unpaired) electrons. The maximum atomic E-state index is 11.8. The number of carbonyl (C=O) groups is 1. The summed E-state index contributed by atoms with van der Waals surface area (Å²) in [5.41, 5.74) is 0. The third kappa shape index (κ3) is 25.9. The Morgan fingerprint density at radius 1 is 0.515 bits per heavy atom. The Balaban J connectivity index is 3.19. The van der Waals surface area contributed by atoms with Crippen LogP contribution < -0.4 is 0 Å². The second-order valence-electron chi connectivity index (χ2n) is 10.9. The summed E-state index contributed by atoms with van der Waals surface area (Å²) in [4.78, 5) is 11.8. The van der Waals surface area contributed by atoms with Crippen LogP contribution in [0.25, 0.3) is 0 Å². The fourth-order valence-electron chi connectivity index (χ4n) is 4.50. The number of hydrogen-bond acceptors (Lipinski definition) is 2. The van der Waals surface area contributed by atoms with Crippen molar-refractivity contribution >= 4 is 5.97 Å². The Morgan fingerprint density at radius 3 is 1.24 bits per heavy atom. The molecule has 0 aliphatic rings. The summed E-state index contributed by atoms with van der Waals surface area (Å²) < 4.78 is 5.41. The standard InChI is InChI=1S/C31H62O2/c1-5-29(3)25-21-17-13-9-7-8-10-15-19-23-27-31(32)33-28-24-20-16-12-11-14-18-22-26-30(4)6-2/h29-30H,5-28H2,1-4H3. The minimum absolute atomic E-state index is 0.0219. The van der Waals surface area contributed by atoms with Crippen LogP contribution in [0.2, 0.25) is 0 Å². The lowest BCUT2D eigenvalue weighted by atomic mass is 9.99. The first-order valence-corrected chi connectivity index (χ1v) is 15.3. The van der Waals surface area contributed by atoms with Crippen molar-refractivity contribution in [3.63, 3.8) is 0 Å². The lowest BCUT2D eigenvalue weighted by Crippen LogP contribution is -2.05. The molecule has 2 atom stereocenters. The summed E-state index contributed by atoms with van der Waals surface area (Å²) in [5.74, 6) is 1.84. The number of esters is 1. The molecule has 33 heavy (non-hydrogen) atoms. The average molecular weight is 467 g/mol. The SMILES string of the molecule is CCC(C)CCCCCCCCCCCCC(=O)OCCCCCCCCCCC(C)CC. The Hall–Kier alpha value is -0.530. The van der Waals surface area contributed by atoms with E-state index in [0.29, 0.717) is 13.0 Å². The lowest BCUT2D eigenvalue weighted by Gasteiger charge is -2.07. The van der Waals surface area contributed by atoms with Gasteiger partial charge in [0.05, 0.1) is 6.61 Å². The van der Waals surface area contributed by atoms with Crippen molar-refractivity contribution in [3.8, 4) is 0 Å². The highest BCUT2D eigenvalue weighted by molar-refractivity contribution is 5.69. The van der Waals surface area contributed by atoms with Gasteiger partial charge in [0.25, 0.3) is 0 Å². The highest BCUT2D eigenvalue weighted by Crippen LogP contribution is 2.16. The van der Waals surface area contributed by atoms with E-state index in [1.54, 1.807) is 0 Å². The highest BCUT2D eigenvalue weighted by Gasteiger charge is 2.03. The molecule has 0 saturated carbocycles. The molecule has 0 saturated heterocycles. The zero-order valence-electron chi connectivity index (χ0n) is 23.4. The smallest absolute Gasteiger partial charge is 0.305 e. The minimum Gasteiger partial charge on any atom is -0.466 e. The molecular weight excluding hydrogens is 404 g/mol. The lowest BCUT2D eigenvalue weighted by molar-refractivity contribution is -0.143. The van der Waals surface area contributed by atoms with E-state index in [9.17, 15) is 4.79 Å². The van der Waals surface area contributed by atoms with Gasteiger partial charge in [-0.25, -0.2) is 0 Å². The van der Waals surface area contributed by atoms with Crippen molar-refractivity contribution in [2.45, 2.75) is 175 Å². The first-order valence-electron chi connectivity index (χ1n) is 15.3. The number of hydrogen-bond donors (Lipinski definition) is 0. The maximum Gasteiger partial charge on any atom is 0.305 e. The Bertz CT molecular complexity index is 392. The summed E-state index contributed by atoms with van der Waals surface area (Å²) in [6, 6.07) is 0. The molecular formula is C31H62O2. The second-order valence-corrected chi connectivity index (χ2v) is 10.9. The topological polar surface area (TPSA) is 26.3 Å². The predicted molar refractivity (Wildman–Crippen MR) is 147 cm³/mol. The summed E-state index contributed by atoms with van der Waals surface area (Å²) in [5, 5.41) is 0. The predicted octanol–water partition coefficient (Wildman–Crippen LogP) is 10.8. The monoisotopic (exact) mass is 466 g/mol. The van der Waals surface area contributed by atoms with Crippen LogP contribution in [0.3, 0.4) is 0 Å². The van der Waals surface area contributed by atoms with Gasteiger partial charge in [0, 0.05) is 6.42 Å². The van der Waals surface area contributed by atoms with Crippen molar-refractivity contribution in [2.75, 3.05) is 6.61 Å². The van der Waals surface area contributed by atoms with Crippen LogP contribution >= 0.6 is 0 Å². The molecule has 0 bridgehead atoms. The van der Waals surface area contributed by atoms with Gasteiger partial charge in [0.2, 0.25) is 0 Å². The van der Waals surface area contributed by atoms with Gasteiger partial charge in [-0.05, 0) is 24.7 Å². The summed E-state index contributed by atoms with van der Waals surface area (Å²) in [6.45, 7) is 9.96. The number of rotatable bonds is 26. The summed E-state index contributed by atoms with van der Waals surface area (Å²) >= 11 is 0. The Labute approximate surface area is 209 Å². The van der Waals surface area contributed by atoms with Crippen molar-refractivity contribution in [1.29, 1.82) is 0 Å². The molecule has 0 spiro atoms. The third-order valence-corrected chi connectivity index (χ3v) is 7.58. The van der Waals surface area contributed by atoms with E-state index in [4.69, 9.17) is 4.74 Å². The quantitative estimate of drug-likeness (QED) is 0.0935. The van der Waals surface area contributed by atoms with Crippen LogP contribution in [0.15, 0.2) is 0 Å². The Kier molecular flexibility index (Phi) is 25.7. The van der Waals surface area contributed by atoms with Crippen LogP contribution in [0.4, 0.5) is 0 Å². The number of unbranched alkanes of at least 4 members (excludes halogenated alkanes) is 16. The van der Waals surface area contributed by atoms with Gasteiger partial charge in [0.1, 0.15) is 0 Å². The van der Waals surface area contributed by atoms with Gasteiger partial charge in [-0.2, -0.15) is 0 Å². The summed E-state index contributed by atoms with van der Waals surface area (Å²) in [7, 11) is 0. The van der Waals surface area contributed by atoms with Crippen LogP contribution in [-0.4, -0.2) is 12.6 Å². The molecule has 0 heterocycles. The largest absolute Gasteiger partial charge is 0.466 e. The molecule has 2 nitrogen and oxygen atoms in total.